The van der Waals surface area contributed by atoms with Crippen LogP contribution in [-0.2, 0) is 38.0 Å². The van der Waals surface area contributed by atoms with Crippen LogP contribution in [0.25, 0.3) is 0 Å². The molecular formula is C48H86O15. The maximum atomic E-state index is 13.0. The molecule has 11 unspecified atom stereocenters. The van der Waals surface area contributed by atoms with Crippen molar-refractivity contribution in [3.05, 3.63) is 24.3 Å². The molecule has 0 amide bonds. The number of allylic oxidation sites excluding steroid dienone is 4. The van der Waals surface area contributed by atoms with Crippen molar-refractivity contribution in [2.45, 2.75) is 242 Å². The predicted molar refractivity (Wildman–Crippen MR) is 238 cm³/mol. The Balaban J connectivity index is 1.84. The molecule has 0 bridgehead atoms. The molecule has 0 spiro atoms. The number of hydrogen-bond donors (Lipinski definition) is 7. The van der Waals surface area contributed by atoms with E-state index in [0.717, 1.165) is 64.2 Å². The molecule has 2 aliphatic heterocycles. The number of esters is 2. The summed E-state index contributed by atoms with van der Waals surface area (Å²) in [5, 5.41) is 71.9. The third-order valence-electron chi connectivity index (χ3n) is 11.7. The monoisotopic (exact) mass is 903 g/mol. The van der Waals surface area contributed by atoms with E-state index < -0.39 is 92.7 Å². The van der Waals surface area contributed by atoms with Crippen LogP contribution >= 0.6 is 0 Å². The Morgan fingerprint density at radius 1 is 0.508 bits per heavy atom. The topological polar surface area (TPSA) is 231 Å². The standard InChI is InChI=1S/C48H86O15/c1-3-5-7-9-11-13-15-17-18-19-21-23-25-27-29-31-40(51)61-36(33-58-39(50)30-28-26-24-22-20-16-14-12-10-8-6-4-2)34-59-47-46(57)44(55)42(53)38(63-47)35-60-48-45(56)43(54)41(52)37(32-49)62-48/h11,13,17-18,36-38,41-49,52-57H,3-10,12,14-16,19-35H2,1-2H3/b13-11-,18-17-. The molecule has 2 saturated heterocycles. The third-order valence-corrected chi connectivity index (χ3v) is 11.7. The van der Waals surface area contributed by atoms with Gasteiger partial charge in [-0.3, -0.25) is 9.59 Å². The zero-order chi connectivity index (χ0) is 46.1. The van der Waals surface area contributed by atoms with Crippen molar-refractivity contribution in [1.29, 1.82) is 0 Å². The molecule has 7 N–H and O–H groups in total. The van der Waals surface area contributed by atoms with Crippen molar-refractivity contribution in [2.75, 3.05) is 26.4 Å². The van der Waals surface area contributed by atoms with E-state index in [4.69, 9.17) is 28.4 Å². The number of carbonyl (C=O) groups excluding carboxylic acids is 2. The summed E-state index contributed by atoms with van der Waals surface area (Å²) in [4.78, 5) is 25.7. The Morgan fingerprint density at radius 3 is 1.51 bits per heavy atom. The minimum atomic E-state index is -1.76. The maximum Gasteiger partial charge on any atom is 0.306 e. The van der Waals surface area contributed by atoms with E-state index in [9.17, 15) is 45.3 Å². The van der Waals surface area contributed by atoms with Crippen molar-refractivity contribution >= 4 is 11.9 Å². The van der Waals surface area contributed by atoms with Gasteiger partial charge in [0.25, 0.3) is 0 Å². The maximum absolute atomic E-state index is 13.0. The molecule has 0 saturated carbocycles. The molecule has 63 heavy (non-hydrogen) atoms. The second-order valence-electron chi connectivity index (χ2n) is 17.3. The van der Waals surface area contributed by atoms with Gasteiger partial charge in [-0.25, -0.2) is 0 Å². The van der Waals surface area contributed by atoms with Gasteiger partial charge in [0.2, 0.25) is 0 Å². The summed E-state index contributed by atoms with van der Waals surface area (Å²) >= 11 is 0. The molecule has 15 heteroatoms. The Labute approximate surface area is 377 Å². The normalized spacial score (nSPS) is 27.0. The molecule has 0 radical (unpaired) electrons. The summed E-state index contributed by atoms with van der Waals surface area (Å²) in [5.74, 6) is -0.938. The second-order valence-corrected chi connectivity index (χ2v) is 17.3. The molecule has 2 heterocycles. The minimum Gasteiger partial charge on any atom is -0.462 e. The van der Waals surface area contributed by atoms with Crippen molar-refractivity contribution in [2.24, 2.45) is 0 Å². The van der Waals surface area contributed by atoms with Crippen LogP contribution in [0.15, 0.2) is 24.3 Å². The average molecular weight is 903 g/mol. The average Bonchev–Trinajstić information content (AvgIpc) is 3.28. The van der Waals surface area contributed by atoms with E-state index in [-0.39, 0.29) is 26.1 Å². The summed E-state index contributed by atoms with van der Waals surface area (Å²) in [7, 11) is 0. The third kappa shape index (κ3) is 24.9. The summed E-state index contributed by atoms with van der Waals surface area (Å²) in [6, 6.07) is 0. The van der Waals surface area contributed by atoms with Crippen molar-refractivity contribution < 1.29 is 73.8 Å². The predicted octanol–water partition coefficient (Wildman–Crippen LogP) is 5.99. The van der Waals surface area contributed by atoms with Gasteiger partial charge in [0.05, 0.1) is 19.8 Å². The van der Waals surface area contributed by atoms with Gasteiger partial charge in [0.1, 0.15) is 55.4 Å². The van der Waals surface area contributed by atoms with Crippen molar-refractivity contribution in [3.63, 3.8) is 0 Å². The first-order valence-electron chi connectivity index (χ1n) is 24.4. The van der Waals surface area contributed by atoms with E-state index in [1.165, 1.54) is 70.6 Å². The van der Waals surface area contributed by atoms with Gasteiger partial charge < -0.3 is 64.2 Å². The van der Waals surface area contributed by atoms with Gasteiger partial charge in [0.15, 0.2) is 18.7 Å². The van der Waals surface area contributed by atoms with Crippen LogP contribution in [0, 0.1) is 0 Å². The highest BCUT2D eigenvalue weighted by Crippen LogP contribution is 2.26. The van der Waals surface area contributed by atoms with E-state index in [0.29, 0.717) is 12.8 Å². The zero-order valence-electron chi connectivity index (χ0n) is 38.6. The first kappa shape index (κ1) is 57.1. The quantitative estimate of drug-likeness (QED) is 0.0216. The lowest BCUT2D eigenvalue weighted by molar-refractivity contribution is -0.332. The van der Waals surface area contributed by atoms with Crippen LogP contribution in [0.5, 0.6) is 0 Å². The molecule has 2 fully saturated rings. The summed E-state index contributed by atoms with van der Waals surface area (Å²) < 4.78 is 33.5. The lowest BCUT2D eigenvalue weighted by atomic mass is 9.98. The van der Waals surface area contributed by atoms with Crippen molar-refractivity contribution in [1.82, 2.24) is 0 Å². The molecule has 0 aromatic rings. The summed E-state index contributed by atoms with van der Waals surface area (Å²) in [6.07, 6.45) is 17.8. The molecule has 2 aliphatic rings. The first-order valence-corrected chi connectivity index (χ1v) is 24.4. The number of unbranched alkanes of at least 4 members (excludes halogenated alkanes) is 19. The highest BCUT2D eigenvalue weighted by Gasteiger charge is 2.47. The molecule has 15 nitrogen and oxygen atoms in total. The number of aliphatic hydroxyl groups excluding tert-OH is 7. The van der Waals surface area contributed by atoms with E-state index in [1.54, 1.807) is 0 Å². The molecule has 0 aromatic carbocycles. The fraction of sp³-hybridized carbons (Fsp3) is 0.875. The number of ether oxygens (including phenoxy) is 6. The fourth-order valence-electron chi connectivity index (χ4n) is 7.60. The SMILES string of the molecule is CCCCC/C=C\C/C=C\CCCCCCCC(=O)OC(COC(=O)CCCCCCCCCCCCCC)COC1OC(COC2OC(CO)C(O)C(O)C2O)C(O)C(O)C1O. The molecule has 2 rings (SSSR count). The van der Waals surface area contributed by atoms with Crippen LogP contribution < -0.4 is 0 Å². The number of carbonyl (C=O) groups is 2. The summed E-state index contributed by atoms with van der Waals surface area (Å²) in [5.41, 5.74) is 0. The first-order chi connectivity index (χ1) is 30.5. The Morgan fingerprint density at radius 2 is 0.952 bits per heavy atom. The fourth-order valence-corrected chi connectivity index (χ4v) is 7.60. The van der Waals surface area contributed by atoms with Crippen LogP contribution in [0.4, 0.5) is 0 Å². The van der Waals surface area contributed by atoms with Crippen molar-refractivity contribution in [3.8, 4) is 0 Å². The van der Waals surface area contributed by atoms with Gasteiger partial charge in [-0.1, -0.05) is 141 Å². The lowest BCUT2D eigenvalue weighted by Crippen LogP contribution is -2.61. The molecule has 0 aliphatic carbocycles. The number of aliphatic hydroxyl groups is 7. The summed E-state index contributed by atoms with van der Waals surface area (Å²) in [6.45, 7) is 2.54. The zero-order valence-corrected chi connectivity index (χ0v) is 38.6. The van der Waals surface area contributed by atoms with E-state index in [2.05, 4.69) is 38.2 Å². The highest BCUT2D eigenvalue weighted by molar-refractivity contribution is 5.70. The molecule has 368 valence electrons. The number of hydrogen-bond acceptors (Lipinski definition) is 15. The smallest absolute Gasteiger partial charge is 0.306 e. The Hall–Kier alpha value is -2.02. The molecule has 0 aromatic heterocycles. The van der Waals surface area contributed by atoms with Crippen LogP contribution in [0.1, 0.15) is 174 Å². The van der Waals surface area contributed by atoms with Crippen LogP contribution in [0.3, 0.4) is 0 Å². The lowest BCUT2D eigenvalue weighted by Gasteiger charge is -2.42. The van der Waals surface area contributed by atoms with Gasteiger partial charge in [-0.05, 0) is 44.9 Å². The van der Waals surface area contributed by atoms with Crippen LogP contribution in [0.2, 0.25) is 0 Å². The van der Waals surface area contributed by atoms with Crippen LogP contribution in [-0.4, -0.2) is 142 Å². The van der Waals surface area contributed by atoms with E-state index >= 15 is 0 Å². The highest BCUT2D eigenvalue weighted by atomic mass is 16.7. The minimum absolute atomic E-state index is 0.151. The second kappa shape index (κ2) is 36.1. The number of rotatable bonds is 37. The largest absolute Gasteiger partial charge is 0.462 e. The van der Waals surface area contributed by atoms with Gasteiger partial charge >= 0.3 is 11.9 Å². The Kier molecular flexibility index (Phi) is 32.8. The van der Waals surface area contributed by atoms with E-state index in [1.807, 2.05) is 0 Å². The molecule has 11 atom stereocenters. The molecular weight excluding hydrogens is 817 g/mol. The van der Waals surface area contributed by atoms with Gasteiger partial charge in [0, 0.05) is 12.8 Å². The van der Waals surface area contributed by atoms with Gasteiger partial charge in [-0.15, -0.1) is 0 Å². The van der Waals surface area contributed by atoms with Gasteiger partial charge in [-0.2, -0.15) is 0 Å². The Bertz CT molecular complexity index is 1200.